The quantitative estimate of drug-likeness (QED) is 0.469. The summed E-state index contributed by atoms with van der Waals surface area (Å²) in [5.41, 5.74) is 6.53. The van der Waals surface area contributed by atoms with E-state index in [0.717, 1.165) is 28.1 Å². The predicted molar refractivity (Wildman–Crippen MR) is 113 cm³/mol. The molecular formula is C23H22N4. The highest BCUT2D eigenvalue weighted by Crippen LogP contribution is 2.27. The van der Waals surface area contributed by atoms with Crippen molar-refractivity contribution in [2.75, 3.05) is 10.6 Å². The summed E-state index contributed by atoms with van der Waals surface area (Å²) >= 11 is 0. The Bertz CT molecular complexity index is 1080. The van der Waals surface area contributed by atoms with Crippen molar-refractivity contribution >= 4 is 34.0 Å². The van der Waals surface area contributed by atoms with Crippen molar-refractivity contribution < 1.29 is 0 Å². The Morgan fingerprint density at radius 3 is 2.07 bits per heavy atom. The number of aromatic nitrogens is 2. The summed E-state index contributed by atoms with van der Waals surface area (Å²) in [5, 5.41) is 7.77. The molecule has 4 nitrogen and oxygen atoms in total. The zero-order valence-corrected chi connectivity index (χ0v) is 15.7. The summed E-state index contributed by atoms with van der Waals surface area (Å²) in [4.78, 5) is 9.42. The van der Waals surface area contributed by atoms with Gasteiger partial charge in [-0.3, -0.25) is 0 Å². The molecule has 0 radical (unpaired) electrons. The molecule has 0 aliphatic heterocycles. The van der Waals surface area contributed by atoms with Crippen molar-refractivity contribution in [2.24, 2.45) is 0 Å². The lowest BCUT2D eigenvalue weighted by Crippen LogP contribution is -2.02. The minimum Gasteiger partial charge on any atom is -0.340 e. The van der Waals surface area contributed by atoms with Crippen molar-refractivity contribution in [1.82, 2.24) is 9.97 Å². The molecule has 1 heterocycles. The van der Waals surface area contributed by atoms with Gasteiger partial charge in [-0.15, -0.1) is 0 Å². The zero-order valence-electron chi connectivity index (χ0n) is 15.7. The third-order valence-corrected chi connectivity index (χ3v) is 4.40. The number of anilines is 4. The van der Waals surface area contributed by atoms with Crippen LogP contribution in [-0.4, -0.2) is 9.97 Å². The Labute approximate surface area is 159 Å². The van der Waals surface area contributed by atoms with Gasteiger partial charge in [0, 0.05) is 16.8 Å². The molecule has 2 N–H and O–H groups in total. The van der Waals surface area contributed by atoms with E-state index in [1.165, 1.54) is 16.7 Å². The highest BCUT2D eigenvalue weighted by atomic mass is 15.1. The SMILES string of the molecule is Cc1ccc(Nc2nc(Nc3cc(C)cc(C)c3)nc3ccccc23)cc1. The molecule has 0 bridgehead atoms. The summed E-state index contributed by atoms with van der Waals surface area (Å²) < 4.78 is 0. The molecule has 27 heavy (non-hydrogen) atoms. The van der Waals surface area contributed by atoms with Crippen LogP contribution in [0.3, 0.4) is 0 Å². The van der Waals surface area contributed by atoms with Crippen LogP contribution in [0.2, 0.25) is 0 Å². The fourth-order valence-corrected chi connectivity index (χ4v) is 3.18. The monoisotopic (exact) mass is 354 g/mol. The maximum Gasteiger partial charge on any atom is 0.229 e. The minimum atomic E-state index is 0.577. The molecule has 0 saturated heterocycles. The minimum absolute atomic E-state index is 0.577. The van der Waals surface area contributed by atoms with Crippen molar-refractivity contribution in [3.05, 3.63) is 83.4 Å². The van der Waals surface area contributed by atoms with E-state index < -0.39 is 0 Å². The first-order valence-corrected chi connectivity index (χ1v) is 9.03. The van der Waals surface area contributed by atoms with E-state index >= 15 is 0 Å². The van der Waals surface area contributed by atoms with Gasteiger partial charge < -0.3 is 10.6 Å². The lowest BCUT2D eigenvalue weighted by Gasteiger charge is -2.13. The van der Waals surface area contributed by atoms with Crippen molar-refractivity contribution in [2.45, 2.75) is 20.8 Å². The molecule has 0 aliphatic carbocycles. The standard InChI is InChI=1S/C23H22N4/c1-15-8-10-18(11-9-15)24-22-20-6-4-5-7-21(20)26-23(27-22)25-19-13-16(2)12-17(3)14-19/h4-14H,1-3H3,(H2,24,25,26,27). The zero-order chi connectivity index (χ0) is 18.8. The Hall–Kier alpha value is -3.40. The van der Waals surface area contributed by atoms with Gasteiger partial charge in [-0.2, -0.15) is 4.98 Å². The van der Waals surface area contributed by atoms with Crippen LogP contribution in [0, 0.1) is 20.8 Å². The molecule has 0 aliphatic rings. The number of hydrogen-bond acceptors (Lipinski definition) is 4. The van der Waals surface area contributed by atoms with Crippen LogP contribution in [0.5, 0.6) is 0 Å². The average molecular weight is 354 g/mol. The molecule has 4 aromatic rings. The molecule has 1 aromatic heterocycles. The van der Waals surface area contributed by atoms with E-state index in [1.54, 1.807) is 0 Å². The Morgan fingerprint density at radius 2 is 1.33 bits per heavy atom. The predicted octanol–water partition coefficient (Wildman–Crippen LogP) is 6.04. The van der Waals surface area contributed by atoms with Gasteiger partial charge in [-0.1, -0.05) is 35.9 Å². The van der Waals surface area contributed by atoms with Gasteiger partial charge in [0.25, 0.3) is 0 Å². The van der Waals surface area contributed by atoms with Crippen molar-refractivity contribution in [3.63, 3.8) is 0 Å². The topological polar surface area (TPSA) is 49.8 Å². The first-order chi connectivity index (χ1) is 13.1. The first-order valence-electron chi connectivity index (χ1n) is 9.03. The molecular weight excluding hydrogens is 332 g/mol. The van der Waals surface area contributed by atoms with Crippen LogP contribution in [0.1, 0.15) is 16.7 Å². The summed E-state index contributed by atoms with van der Waals surface area (Å²) in [5.74, 6) is 1.37. The van der Waals surface area contributed by atoms with Crippen LogP contribution in [0.15, 0.2) is 66.7 Å². The number of benzene rings is 3. The maximum atomic E-state index is 4.74. The number of hydrogen-bond donors (Lipinski definition) is 2. The molecule has 0 amide bonds. The largest absolute Gasteiger partial charge is 0.340 e. The van der Waals surface area contributed by atoms with Gasteiger partial charge in [-0.05, 0) is 68.3 Å². The Kier molecular flexibility index (Phi) is 4.47. The Morgan fingerprint density at radius 1 is 0.630 bits per heavy atom. The van der Waals surface area contributed by atoms with E-state index in [4.69, 9.17) is 4.98 Å². The van der Waals surface area contributed by atoms with Gasteiger partial charge in [-0.25, -0.2) is 4.98 Å². The second-order valence-electron chi connectivity index (χ2n) is 6.91. The van der Waals surface area contributed by atoms with Crippen LogP contribution < -0.4 is 10.6 Å². The highest BCUT2D eigenvalue weighted by Gasteiger charge is 2.09. The van der Waals surface area contributed by atoms with Gasteiger partial charge in [0.05, 0.1) is 5.52 Å². The second-order valence-corrected chi connectivity index (χ2v) is 6.91. The number of nitrogens with one attached hydrogen (secondary N) is 2. The van der Waals surface area contributed by atoms with Gasteiger partial charge in [0.2, 0.25) is 5.95 Å². The summed E-state index contributed by atoms with van der Waals surface area (Å²) in [6.45, 7) is 6.25. The van der Waals surface area contributed by atoms with E-state index in [2.05, 4.69) is 78.9 Å². The average Bonchev–Trinajstić information content (AvgIpc) is 2.63. The third-order valence-electron chi connectivity index (χ3n) is 4.40. The number of fused-ring (bicyclic) bond motifs is 1. The Balaban J connectivity index is 1.74. The number of para-hydroxylation sites is 1. The molecule has 0 unspecified atom stereocenters. The molecule has 134 valence electrons. The van der Waals surface area contributed by atoms with Crippen molar-refractivity contribution in [1.29, 1.82) is 0 Å². The maximum absolute atomic E-state index is 4.74. The molecule has 0 fully saturated rings. The van der Waals surface area contributed by atoms with Crippen LogP contribution in [0.25, 0.3) is 10.9 Å². The second kappa shape index (κ2) is 7.08. The van der Waals surface area contributed by atoms with Crippen LogP contribution >= 0.6 is 0 Å². The fraction of sp³-hybridized carbons (Fsp3) is 0.130. The number of aryl methyl sites for hydroxylation is 3. The summed E-state index contributed by atoms with van der Waals surface area (Å²) in [7, 11) is 0. The molecule has 3 aromatic carbocycles. The lowest BCUT2D eigenvalue weighted by molar-refractivity contribution is 1.21. The molecule has 4 heteroatoms. The number of nitrogens with zero attached hydrogens (tertiary/aromatic N) is 2. The fourth-order valence-electron chi connectivity index (χ4n) is 3.18. The summed E-state index contributed by atoms with van der Waals surface area (Å²) in [6, 6.07) is 22.7. The normalized spacial score (nSPS) is 10.8. The van der Waals surface area contributed by atoms with Crippen molar-refractivity contribution in [3.8, 4) is 0 Å². The smallest absolute Gasteiger partial charge is 0.229 e. The summed E-state index contributed by atoms with van der Waals surface area (Å²) in [6.07, 6.45) is 0. The molecule has 4 rings (SSSR count). The number of rotatable bonds is 4. The van der Waals surface area contributed by atoms with Crippen LogP contribution in [0.4, 0.5) is 23.1 Å². The highest BCUT2D eigenvalue weighted by molar-refractivity contribution is 5.92. The molecule has 0 saturated carbocycles. The van der Waals surface area contributed by atoms with E-state index in [-0.39, 0.29) is 0 Å². The van der Waals surface area contributed by atoms with Gasteiger partial charge in [0.1, 0.15) is 5.82 Å². The van der Waals surface area contributed by atoms with Crippen LogP contribution in [-0.2, 0) is 0 Å². The first kappa shape index (κ1) is 17.0. The van der Waals surface area contributed by atoms with E-state index in [0.29, 0.717) is 5.95 Å². The van der Waals surface area contributed by atoms with E-state index in [9.17, 15) is 0 Å². The lowest BCUT2D eigenvalue weighted by atomic mass is 10.1. The van der Waals surface area contributed by atoms with E-state index in [1.807, 2.05) is 24.3 Å². The molecule has 0 atom stereocenters. The van der Waals surface area contributed by atoms with Gasteiger partial charge >= 0.3 is 0 Å². The van der Waals surface area contributed by atoms with Gasteiger partial charge in [0.15, 0.2) is 0 Å². The third kappa shape index (κ3) is 3.90. The molecule has 0 spiro atoms.